The number of rotatable bonds is 1. The van der Waals surface area contributed by atoms with E-state index in [4.69, 9.17) is 5.11 Å². The Kier molecular flexibility index (Phi) is 0.945. The largest absolute Gasteiger partial charge is 0.394 e. The maximum absolute atomic E-state index is 8.92. The molecule has 0 aromatic carbocycles. The predicted octanol–water partition coefficient (Wildman–Crippen LogP) is 0.119. The van der Waals surface area contributed by atoms with Gasteiger partial charge < -0.3 is 10.4 Å². The minimum atomic E-state index is 0.157. The van der Waals surface area contributed by atoms with E-state index in [0.717, 1.165) is 5.92 Å². The Morgan fingerprint density at radius 3 is 2.56 bits per heavy atom. The van der Waals surface area contributed by atoms with Crippen LogP contribution in [0.5, 0.6) is 0 Å². The van der Waals surface area contributed by atoms with Crippen LogP contribution in [-0.2, 0) is 0 Å². The van der Waals surface area contributed by atoms with Gasteiger partial charge in [0.25, 0.3) is 0 Å². The lowest BCUT2D eigenvalue weighted by molar-refractivity contribution is 0.115. The van der Waals surface area contributed by atoms with Crippen LogP contribution < -0.4 is 5.32 Å². The molecule has 9 heavy (non-hydrogen) atoms. The van der Waals surface area contributed by atoms with Crippen LogP contribution in [0.2, 0.25) is 0 Å². The van der Waals surface area contributed by atoms with Gasteiger partial charge in [0, 0.05) is 11.6 Å². The molecule has 2 heteroatoms. The van der Waals surface area contributed by atoms with Crippen LogP contribution in [0.15, 0.2) is 0 Å². The quantitative estimate of drug-likeness (QED) is 0.524. The van der Waals surface area contributed by atoms with Gasteiger partial charge >= 0.3 is 0 Å². The number of hydrogen-bond acceptors (Lipinski definition) is 2. The van der Waals surface area contributed by atoms with Gasteiger partial charge in [0.05, 0.1) is 6.61 Å². The van der Waals surface area contributed by atoms with E-state index in [1.807, 2.05) is 0 Å². The van der Waals surface area contributed by atoms with Crippen molar-refractivity contribution in [1.82, 2.24) is 5.32 Å². The topological polar surface area (TPSA) is 32.3 Å². The van der Waals surface area contributed by atoms with E-state index in [1.165, 1.54) is 12.8 Å². The Morgan fingerprint density at radius 2 is 2.33 bits per heavy atom. The summed E-state index contributed by atoms with van der Waals surface area (Å²) in [7, 11) is 0. The first kappa shape index (κ1) is 5.69. The SMILES string of the molecule is CC1NC2(CO)CC1C2. The van der Waals surface area contributed by atoms with E-state index in [-0.39, 0.29) is 5.54 Å². The van der Waals surface area contributed by atoms with Crippen molar-refractivity contribution in [3.05, 3.63) is 0 Å². The number of aliphatic hydroxyl groups is 1. The van der Waals surface area contributed by atoms with Crippen LogP contribution in [0.1, 0.15) is 19.8 Å². The van der Waals surface area contributed by atoms with Crippen LogP contribution >= 0.6 is 0 Å². The van der Waals surface area contributed by atoms with Crippen molar-refractivity contribution in [2.24, 2.45) is 5.92 Å². The molecule has 0 radical (unpaired) electrons. The fourth-order valence-corrected chi connectivity index (χ4v) is 2.19. The van der Waals surface area contributed by atoms with Crippen LogP contribution in [0.3, 0.4) is 0 Å². The number of nitrogens with one attached hydrogen (secondary N) is 1. The monoisotopic (exact) mass is 127 g/mol. The molecule has 0 aromatic heterocycles. The van der Waals surface area contributed by atoms with Crippen LogP contribution in [0.4, 0.5) is 0 Å². The average molecular weight is 127 g/mol. The highest BCUT2D eigenvalue weighted by Crippen LogP contribution is 2.46. The van der Waals surface area contributed by atoms with Crippen LogP contribution in [-0.4, -0.2) is 23.3 Å². The highest BCUT2D eigenvalue weighted by atomic mass is 16.3. The van der Waals surface area contributed by atoms with Gasteiger partial charge in [-0.3, -0.25) is 0 Å². The third-order valence-electron chi connectivity index (χ3n) is 2.85. The Morgan fingerprint density at radius 1 is 1.67 bits per heavy atom. The van der Waals surface area contributed by atoms with Crippen molar-refractivity contribution < 1.29 is 5.11 Å². The summed E-state index contributed by atoms with van der Waals surface area (Å²) in [5.41, 5.74) is 0.157. The molecule has 3 fully saturated rings. The second kappa shape index (κ2) is 1.50. The van der Waals surface area contributed by atoms with E-state index in [2.05, 4.69) is 12.2 Å². The van der Waals surface area contributed by atoms with Gasteiger partial charge in [-0.1, -0.05) is 0 Å². The average Bonchev–Trinajstić information content (AvgIpc) is 2.18. The van der Waals surface area contributed by atoms with Gasteiger partial charge in [-0.2, -0.15) is 0 Å². The first-order valence-corrected chi connectivity index (χ1v) is 3.64. The maximum atomic E-state index is 8.92. The van der Waals surface area contributed by atoms with Crippen molar-refractivity contribution in [3.8, 4) is 0 Å². The van der Waals surface area contributed by atoms with Gasteiger partial charge in [0.1, 0.15) is 0 Å². The summed E-state index contributed by atoms with van der Waals surface area (Å²) in [4.78, 5) is 0. The summed E-state index contributed by atoms with van der Waals surface area (Å²) >= 11 is 0. The van der Waals surface area contributed by atoms with E-state index < -0.39 is 0 Å². The summed E-state index contributed by atoms with van der Waals surface area (Å²) in [5, 5.41) is 12.3. The molecule has 1 atom stereocenters. The van der Waals surface area contributed by atoms with E-state index in [1.54, 1.807) is 0 Å². The molecular weight excluding hydrogens is 114 g/mol. The summed E-state index contributed by atoms with van der Waals surface area (Å²) in [6, 6.07) is 0.650. The van der Waals surface area contributed by atoms with Crippen molar-refractivity contribution in [2.45, 2.75) is 31.3 Å². The van der Waals surface area contributed by atoms with Crippen molar-refractivity contribution >= 4 is 0 Å². The van der Waals surface area contributed by atoms with Crippen molar-refractivity contribution in [3.63, 3.8) is 0 Å². The molecule has 3 rings (SSSR count). The molecule has 2 saturated heterocycles. The van der Waals surface area contributed by atoms with E-state index in [9.17, 15) is 0 Å². The van der Waals surface area contributed by atoms with Crippen LogP contribution in [0, 0.1) is 5.92 Å². The van der Waals surface area contributed by atoms with Crippen LogP contribution in [0.25, 0.3) is 0 Å². The molecule has 1 aliphatic carbocycles. The number of aliphatic hydroxyl groups excluding tert-OH is 1. The van der Waals surface area contributed by atoms with Gasteiger partial charge in [-0.05, 0) is 25.7 Å². The van der Waals surface area contributed by atoms with Crippen molar-refractivity contribution in [2.75, 3.05) is 6.61 Å². The van der Waals surface area contributed by atoms with Gasteiger partial charge in [0.15, 0.2) is 0 Å². The molecule has 2 aliphatic heterocycles. The second-order valence-corrected chi connectivity index (χ2v) is 3.54. The normalized spacial score (nSPS) is 55.3. The summed E-state index contributed by atoms with van der Waals surface area (Å²) < 4.78 is 0. The molecule has 52 valence electrons. The standard InChI is InChI=1S/C7H13NO/c1-5-6-2-7(3-6,4-9)8-5/h5-6,8-9H,2-4H2,1H3. The highest BCUT2D eigenvalue weighted by Gasteiger charge is 2.53. The Balaban J connectivity index is 2.09. The molecular formula is C7H13NO. The third kappa shape index (κ3) is 0.578. The number of fused-ring (bicyclic) bond motifs is 1. The van der Waals surface area contributed by atoms with E-state index >= 15 is 0 Å². The Labute approximate surface area is 55.3 Å². The fourth-order valence-electron chi connectivity index (χ4n) is 2.19. The molecule has 0 amide bonds. The molecule has 2 N–H and O–H groups in total. The molecule has 0 aromatic rings. The first-order chi connectivity index (χ1) is 4.26. The molecule has 1 saturated carbocycles. The van der Waals surface area contributed by atoms with Crippen molar-refractivity contribution in [1.29, 1.82) is 0 Å². The molecule has 2 heterocycles. The molecule has 1 unspecified atom stereocenters. The molecule has 2 bridgehead atoms. The minimum Gasteiger partial charge on any atom is -0.394 e. The van der Waals surface area contributed by atoms with Gasteiger partial charge in [0.2, 0.25) is 0 Å². The highest BCUT2D eigenvalue weighted by molar-refractivity contribution is 5.11. The first-order valence-electron chi connectivity index (χ1n) is 3.64. The molecule has 2 nitrogen and oxygen atoms in total. The zero-order valence-corrected chi connectivity index (χ0v) is 5.72. The Hall–Kier alpha value is -0.0800. The summed E-state index contributed by atoms with van der Waals surface area (Å²) in [6.07, 6.45) is 2.40. The summed E-state index contributed by atoms with van der Waals surface area (Å²) in [6.45, 7) is 2.53. The smallest absolute Gasteiger partial charge is 0.0613 e. The molecule has 0 spiro atoms. The predicted molar refractivity (Wildman–Crippen MR) is 35.1 cm³/mol. The number of hydrogen-bond donors (Lipinski definition) is 2. The zero-order chi connectivity index (χ0) is 6.48. The van der Waals surface area contributed by atoms with E-state index in [0.29, 0.717) is 12.6 Å². The van der Waals surface area contributed by atoms with Gasteiger partial charge in [-0.15, -0.1) is 0 Å². The zero-order valence-electron chi connectivity index (χ0n) is 5.72. The third-order valence-corrected chi connectivity index (χ3v) is 2.85. The van der Waals surface area contributed by atoms with Gasteiger partial charge in [-0.25, -0.2) is 0 Å². The lowest BCUT2D eigenvalue weighted by atomic mass is 9.73. The fraction of sp³-hybridized carbons (Fsp3) is 1.00. The lowest BCUT2D eigenvalue weighted by Gasteiger charge is -2.35. The lowest BCUT2D eigenvalue weighted by Crippen LogP contribution is -2.46. The Bertz CT molecular complexity index is 129. The molecule has 3 aliphatic rings. The summed E-state index contributed by atoms with van der Waals surface area (Å²) in [5.74, 6) is 0.858. The maximum Gasteiger partial charge on any atom is 0.0613 e. The second-order valence-electron chi connectivity index (χ2n) is 3.54. The minimum absolute atomic E-state index is 0.157.